The van der Waals surface area contributed by atoms with Gasteiger partial charge in [-0.05, 0) is 47.9 Å². The number of aromatic amines is 1. The predicted molar refractivity (Wildman–Crippen MR) is 102 cm³/mol. The molecule has 2 aromatic carbocycles. The third-order valence-electron chi connectivity index (χ3n) is 4.64. The largest absolute Gasteiger partial charge is 0.333 e. The number of hydrogen-bond donors (Lipinski definition) is 1. The van der Waals surface area contributed by atoms with Crippen LogP contribution in [0.1, 0.15) is 11.4 Å². The number of rotatable bonds is 3. The first-order valence-electron chi connectivity index (χ1n) is 8.78. The molecule has 0 saturated heterocycles. The summed E-state index contributed by atoms with van der Waals surface area (Å²) in [5.41, 5.74) is 0.532. The number of nitrogens with zero attached hydrogens (tertiary/aromatic N) is 5. The van der Waals surface area contributed by atoms with Crippen molar-refractivity contribution >= 4 is 16.7 Å². The van der Waals surface area contributed by atoms with Crippen LogP contribution in [0.3, 0.4) is 0 Å². The lowest BCUT2D eigenvalue weighted by Crippen LogP contribution is -2.20. The summed E-state index contributed by atoms with van der Waals surface area (Å²) in [6.07, 6.45) is 1.35. The highest BCUT2D eigenvalue weighted by molar-refractivity contribution is 5.79. The molecule has 0 aliphatic heterocycles. The van der Waals surface area contributed by atoms with Crippen molar-refractivity contribution < 1.29 is 13.2 Å². The van der Waals surface area contributed by atoms with Gasteiger partial charge in [-0.15, -0.1) is 10.2 Å². The first-order chi connectivity index (χ1) is 14.4. The van der Waals surface area contributed by atoms with E-state index < -0.39 is 17.6 Å². The Labute approximate surface area is 165 Å². The van der Waals surface area contributed by atoms with E-state index in [0.29, 0.717) is 16.5 Å². The second-order valence-corrected chi connectivity index (χ2v) is 6.58. The van der Waals surface area contributed by atoms with E-state index in [0.717, 1.165) is 4.52 Å². The fourth-order valence-corrected chi connectivity index (χ4v) is 3.12. The van der Waals surface area contributed by atoms with E-state index in [1.54, 1.807) is 0 Å². The Morgan fingerprint density at radius 2 is 1.77 bits per heavy atom. The molecule has 0 fully saturated rings. The molecule has 0 atom stereocenters. The van der Waals surface area contributed by atoms with Crippen molar-refractivity contribution in [3.05, 3.63) is 88.4 Å². The van der Waals surface area contributed by atoms with Crippen molar-refractivity contribution in [1.82, 2.24) is 29.8 Å². The molecule has 7 nitrogen and oxygen atoms in total. The topological polar surface area (TPSA) is 88.8 Å². The molecule has 3 heterocycles. The summed E-state index contributed by atoms with van der Waals surface area (Å²) >= 11 is 0. The molecule has 0 aliphatic carbocycles. The molecule has 5 rings (SSSR count). The third kappa shape index (κ3) is 2.89. The fraction of sp³-hybridized carbons (Fsp3) is 0.0500. The van der Waals surface area contributed by atoms with Gasteiger partial charge in [-0.1, -0.05) is 6.07 Å². The zero-order valence-corrected chi connectivity index (χ0v) is 15.1. The van der Waals surface area contributed by atoms with Crippen LogP contribution in [0.4, 0.5) is 13.2 Å². The monoisotopic (exact) mass is 408 g/mol. The van der Waals surface area contributed by atoms with E-state index >= 15 is 8.78 Å². The Kier molecular flexibility index (Phi) is 3.88. The van der Waals surface area contributed by atoms with Crippen LogP contribution in [0.5, 0.6) is 0 Å². The molecular weight excluding hydrogens is 397 g/mol. The maximum absolute atomic E-state index is 15.3. The van der Waals surface area contributed by atoms with E-state index in [4.69, 9.17) is 0 Å². The molecule has 3 aromatic heterocycles. The van der Waals surface area contributed by atoms with E-state index in [1.807, 2.05) is 0 Å². The van der Waals surface area contributed by atoms with Gasteiger partial charge in [0.15, 0.2) is 0 Å². The average Bonchev–Trinajstić information content (AvgIpc) is 3.18. The van der Waals surface area contributed by atoms with Gasteiger partial charge in [0.05, 0.1) is 6.20 Å². The zero-order chi connectivity index (χ0) is 20.9. The van der Waals surface area contributed by atoms with Gasteiger partial charge < -0.3 is 4.98 Å². The van der Waals surface area contributed by atoms with E-state index in [2.05, 4.69) is 25.3 Å². The second-order valence-electron chi connectivity index (χ2n) is 6.58. The Morgan fingerprint density at radius 1 is 0.967 bits per heavy atom. The standard InChI is InChI=1S/C20H11F3N6O/c21-14-5-1-11(2-6-14)16-10-24-19-27-26-18(29(19)28-16)20(22,23)13-4-7-15-12(9-13)3-8-17(30)25-15/h1-10H,(H,25,30). The van der Waals surface area contributed by atoms with Crippen LogP contribution >= 0.6 is 0 Å². The van der Waals surface area contributed by atoms with Gasteiger partial charge in [0.25, 0.3) is 5.78 Å². The van der Waals surface area contributed by atoms with Crippen molar-refractivity contribution in [2.75, 3.05) is 0 Å². The molecule has 10 heteroatoms. The van der Waals surface area contributed by atoms with Crippen molar-refractivity contribution in [1.29, 1.82) is 0 Å². The van der Waals surface area contributed by atoms with Gasteiger partial charge in [-0.2, -0.15) is 18.4 Å². The number of alkyl halides is 2. The molecule has 0 radical (unpaired) electrons. The highest BCUT2D eigenvalue weighted by atomic mass is 19.3. The van der Waals surface area contributed by atoms with Gasteiger partial charge in [-0.3, -0.25) is 4.79 Å². The summed E-state index contributed by atoms with van der Waals surface area (Å²) in [6, 6.07) is 12.0. The molecule has 0 aliphatic rings. The van der Waals surface area contributed by atoms with Gasteiger partial charge in [0, 0.05) is 22.7 Å². The van der Waals surface area contributed by atoms with E-state index in [1.165, 1.54) is 60.8 Å². The van der Waals surface area contributed by atoms with Gasteiger partial charge in [0.1, 0.15) is 11.5 Å². The predicted octanol–water partition coefficient (Wildman–Crippen LogP) is 3.31. The van der Waals surface area contributed by atoms with Crippen LogP contribution < -0.4 is 5.56 Å². The normalized spacial score (nSPS) is 12.0. The summed E-state index contributed by atoms with van der Waals surface area (Å²) in [5, 5.41) is 11.9. The molecule has 30 heavy (non-hydrogen) atoms. The van der Waals surface area contributed by atoms with Crippen molar-refractivity contribution in [2.24, 2.45) is 0 Å². The van der Waals surface area contributed by atoms with Crippen molar-refractivity contribution in [2.45, 2.75) is 5.92 Å². The first kappa shape index (κ1) is 18.0. The van der Waals surface area contributed by atoms with Crippen LogP contribution in [-0.2, 0) is 5.92 Å². The Bertz CT molecular complexity index is 1460. The van der Waals surface area contributed by atoms with Crippen LogP contribution in [0.25, 0.3) is 27.9 Å². The highest BCUT2D eigenvalue weighted by Crippen LogP contribution is 2.35. The maximum Gasteiger partial charge on any atom is 0.333 e. The Morgan fingerprint density at radius 3 is 2.57 bits per heavy atom. The molecule has 0 unspecified atom stereocenters. The summed E-state index contributed by atoms with van der Waals surface area (Å²) in [5.74, 6) is -4.78. The summed E-state index contributed by atoms with van der Waals surface area (Å²) in [6.45, 7) is 0. The van der Waals surface area contributed by atoms with E-state index in [9.17, 15) is 9.18 Å². The molecular formula is C20H11F3N6O. The number of hydrogen-bond acceptors (Lipinski definition) is 5. The smallest absolute Gasteiger partial charge is 0.322 e. The number of halogens is 3. The van der Waals surface area contributed by atoms with Gasteiger partial charge in [-0.25, -0.2) is 9.37 Å². The van der Waals surface area contributed by atoms with Crippen LogP contribution in [0.2, 0.25) is 0 Å². The number of benzene rings is 2. The number of fused-ring (bicyclic) bond motifs is 2. The SMILES string of the molecule is O=c1ccc2cc(C(F)(F)c3nnc4ncc(-c5ccc(F)cc5)nn34)ccc2[nH]1. The average molecular weight is 408 g/mol. The van der Waals surface area contributed by atoms with Crippen molar-refractivity contribution in [3.8, 4) is 11.3 Å². The first-order valence-corrected chi connectivity index (χ1v) is 8.78. The van der Waals surface area contributed by atoms with Crippen LogP contribution in [0.15, 0.2) is 65.6 Å². The highest BCUT2D eigenvalue weighted by Gasteiger charge is 2.40. The summed E-state index contributed by atoms with van der Waals surface area (Å²) in [7, 11) is 0. The minimum absolute atomic E-state index is 0.0966. The number of pyridine rings is 1. The Hall–Kier alpha value is -4.08. The fourth-order valence-electron chi connectivity index (χ4n) is 3.12. The Balaban J connectivity index is 1.64. The molecule has 148 valence electrons. The maximum atomic E-state index is 15.3. The molecule has 0 amide bonds. The molecule has 5 aromatic rings. The number of H-pyrrole nitrogens is 1. The van der Waals surface area contributed by atoms with Crippen molar-refractivity contribution in [3.63, 3.8) is 0 Å². The number of aromatic nitrogens is 6. The minimum atomic E-state index is -3.54. The molecule has 1 N–H and O–H groups in total. The molecule has 0 saturated carbocycles. The summed E-state index contributed by atoms with van der Waals surface area (Å²) < 4.78 is 44.7. The lowest BCUT2D eigenvalue weighted by molar-refractivity contribution is 0.0307. The number of nitrogens with one attached hydrogen (secondary N) is 1. The van der Waals surface area contributed by atoms with Gasteiger partial charge >= 0.3 is 5.92 Å². The molecule has 0 spiro atoms. The lowest BCUT2D eigenvalue weighted by atomic mass is 10.0. The van der Waals surface area contributed by atoms with E-state index in [-0.39, 0.29) is 22.6 Å². The molecule has 0 bridgehead atoms. The van der Waals surface area contributed by atoms with Crippen LogP contribution in [-0.4, -0.2) is 29.8 Å². The quantitative estimate of drug-likeness (QED) is 0.495. The minimum Gasteiger partial charge on any atom is -0.322 e. The third-order valence-corrected chi connectivity index (χ3v) is 4.64. The summed E-state index contributed by atoms with van der Waals surface area (Å²) in [4.78, 5) is 18.0. The zero-order valence-electron chi connectivity index (χ0n) is 15.1. The lowest BCUT2D eigenvalue weighted by Gasteiger charge is -2.15. The second kappa shape index (κ2) is 6.48. The van der Waals surface area contributed by atoms with Crippen LogP contribution in [0, 0.1) is 5.82 Å². The van der Waals surface area contributed by atoms with Gasteiger partial charge in [0.2, 0.25) is 11.4 Å².